The molecule has 2 atom stereocenters. The average molecular weight is 402 g/mol. The number of benzene rings is 1. The van der Waals surface area contributed by atoms with Gasteiger partial charge in [-0.1, -0.05) is 18.2 Å². The number of nitrogens with zero attached hydrogens (tertiary/aromatic N) is 2. The fourth-order valence-electron chi connectivity index (χ4n) is 4.54. The highest BCUT2D eigenvalue weighted by molar-refractivity contribution is 6.28. The van der Waals surface area contributed by atoms with Crippen LogP contribution < -0.4 is 10.1 Å². The predicted octanol–water partition coefficient (Wildman–Crippen LogP) is 4.70. The van der Waals surface area contributed by atoms with Crippen LogP contribution >= 0.6 is 11.6 Å². The van der Waals surface area contributed by atoms with Gasteiger partial charge in [0, 0.05) is 12.1 Å². The maximum atomic E-state index is 12.6. The summed E-state index contributed by atoms with van der Waals surface area (Å²) in [6.45, 7) is 2.24. The number of halogens is 1. The zero-order chi connectivity index (χ0) is 19.5. The molecule has 0 unspecified atom stereocenters. The predicted molar refractivity (Wildman–Crippen MR) is 107 cm³/mol. The van der Waals surface area contributed by atoms with E-state index in [4.69, 9.17) is 21.1 Å². The fourth-order valence-corrected chi connectivity index (χ4v) is 4.71. The van der Waals surface area contributed by atoms with Gasteiger partial charge in [-0.05, 0) is 68.2 Å². The summed E-state index contributed by atoms with van der Waals surface area (Å²) in [7, 11) is 0. The first-order valence-electron chi connectivity index (χ1n) is 9.84. The molecule has 2 aromatic rings. The minimum Gasteiger partial charge on any atom is -0.466 e. The first-order chi connectivity index (χ1) is 13.6. The van der Waals surface area contributed by atoms with Gasteiger partial charge >= 0.3 is 5.97 Å². The van der Waals surface area contributed by atoms with E-state index in [2.05, 4.69) is 15.3 Å². The molecule has 0 radical (unpaired) electrons. The lowest BCUT2D eigenvalue weighted by atomic mass is 9.61. The molecule has 7 heteroatoms. The topological polar surface area (TPSA) is 73.3 Å². The molecular weight excluding hydrogens is 378 g/mol. The van der Waals surface area contributed by atoms with Gasteiger partial charge in [0.15, 0.2) is 0 Å². The summed E-state index contributed by atoms with van der Waals surface area (Å²) in [6.07, 6.45) is 4.40. The van der Waals surface area contributed by atoms with Crippen molar-refractivity contribution in [2.75, 3.05) is 11.9 Å². The number of esters is 1. The number of hydrogen-bond acceptors (Lipinski definition) is 6. The van der Waals surface area contributed by atoms with E-state index < -0.39 is 0 Å². The Bertz CT molecular complexity index is 825. The Labute approximate surface area is 169 Å². The monoisotopic (exact) mass is 401 g/mol. The second-order valence-electron chi connectivity index (χ2n) is 7.40. The standard InChI is InChI=1S/C21H24ClN3O3/c1-2-27-20(26)18-13-8-10-14(11-9-13)19(18)23-16-12-17(25-21(22)24-16)28-15-6-4-3-5-7-15/h3-7,12-14,18-19H,2,8-11H2,1H3,(H,23,24,25)/t13?,14?,18-,19-/m0/s1. The number of aromatic nitrogens is 2. The fraction of sp³-hybridized carbons (Fsp3) is 0.476. The number of nitrogens with one attached hydrogen (secondary N) is 1. The van der Waals surface area contributed by atoms with Gasteiger partial charge in [0.1, 0.15) is 11.6 Å². The molecule has 1 N–H and O–H groups in total. The smallest absolute Gasteiger partial charge is 0.311 e. The van der Waals surface area contributed by atoms with E-state index in [0.29, 0.717) is 35.9 Å². The Balaban J connectivity index is 1.56. The van der Waals surface area contributed by atoms with Crippen LogP contribution in [0.2, 0.25) is 5.28 Å². The van der Waals surface area contributed by atoms with Crippen LogP contribution in [-0.4, -0.2) is 28.6 Å². The number of hydrogen-bond donors (Lipinski definition) is 1. The number of ether oxygens (including phenoxy) is 2. The Morgan fingerprint density at radius 1 is 1.14 bits per heavy atom. The van der Waals surface area contributed by atoms with E-state index in [1.54, 1.807) is 6.07 Å². The summed E-state index contributed by atoms with van der Waals surface area (Å²) in [6, 6.07) is 11.1. The van der Waals surface area contributed by atoms with E-state index in [1.807, 2.05) is 37.3 Å². The van der Waals surface area contributed by atoms with E-state index in [1.165, 1.54) is 0 Å². The van der Waals surface area contributed by atoms with Crippen molar-refractivity contribution in [1.82, 2.24) is 9.97 Å². The minimum atomic E-state index is -0.153. The summed E-state index contributed by atoms with van der Waals surface area (Å²) in [5.74, 6) is 2.12. The maximum Gasteiger partial charge on any atom is 0.311 e. The molecule has 28 heavy (non-hydrogen) atoms. The van der Waals surface area contributed by atoms with Crippen molar-refractivity contribution in [3.63, 3.8) is 0 Å². The molecule has 1 heterocycles. The molecular formula is C21H24ClN3O3. The summed E-state index contributed by atoms with van der Waals surface area (Å²) in [5, 5.41) is 3.55. The molecule has 0 saturated heterocycles. The molecule has 2 bridgehead atoms. The number of para-hydroxylation sites is 1. The Morgan fingerprint density at radius 2 is 1.86 bits per heavy atom. The third kappa shape index (κ3) is 4.07. The van der Waals surface area contributed by atoms with Crippen molar-refractivity contribution in [3.8, 4) is 11.6 Å². The third-order valence-corrected chi connectivity index (χ3v) is 5.90. The largest absolute Gasteiger partial charge is 0.466 e. The molecule has 3 fully saturated rings. The summed E-state index contributed by atoms with van der Waals surface area (Å²) >= 11 is 6.13. The molecule has 1 aromatic carbocycles. The van der Waals surface area contributed by atoms with Gasteiger partial charge < -0.3 is 14.8 Å². The number of carbonyl (C=O) groups is 1. The van der Waals surface area contributed by atoms with Crippen molar-refractivity contribution >= 4 is 23.4 Å². The lowest BCUT2D eigenvalue weighted by Gasteiger charge is -2.47. The van der Waals surface area contributed by atoms with Crippen molar-refractivity contribution in [3.05, 3.63) is 41.7 Å². The number of rotatable bonds is 6. The van der Waals surface area contributed by atoms with Crippen molar-refractivity contribution in [2.45, 2.75) is 38.6 Å². The second-order valence-corrected chi connectivity index (χ2v) is 7.74. The summed E-state index contributed by atoms with van der Waals surface area (Å²) in [5.41, 5.74) is 0. The first-order valence-corrected chi connectivity index (χ1v) is 10.2. The van der Waals surface area contributed by atoms with Crippen molar-refractivity contribution < 1.29 is 14.3 Å². The second kappa shape index (κ2) is 8.35. The van der Waals surface area contributed by atoms with Crippen LogP contribution in [0.15, 0.2) is 36.4 Å². The lowest BCUT2D eigenvalue weighted by Crippen LogP contribution is -2.52. The summed E-state index contributed by atoms with van der Waals surface area (Å²) < 4.78 is 11.2. The summed E-state index contributed by atoms with van der Waals surface area (Å²) in [4.78, 5) is 21.1. The maximum absolute atomic E-state index is 12.6. The molecule has 3 aliphatic carbocycles. The Morgan fingerprint density at radius 3 is 2.57 bits per heavy atom. The van der Waals surface area contributed by atoms with E-state index >= 15 is 0 Å². The van der Waals surface area contributed by atoms with Gasteiger partial charge in [0.25, 0.3) is 0 Å². The molecule has 148 valence electrons. The molecule has 3 aliphatic rings. The molecule has 3 saturated carbocycles. The lowest BCUT2D eigenvalue weighted by molar-refractivity contribution is -0.154. The molecule has 0 amide bonds. The van der Waals surface area contributed by atoms with Gasteiger partial charge in [-0.15, -0.1) is 0 Å². The zero-order valence-electron chi connectivity index (χ0n) is 15.8. The average Bonchev–Trinajstić information content (AvgIpc) is 2.69. The zero-order valence-corrected chi connectivity index (χ0v) is 16.6. The molecule has 0 aliphatic heterocycles. The van der Waals surface area contributed by atoms with Crippen LogP contribution in [0.4, 0.5) is 5.82 Å². The van der Waals surface area contributed by atoms with Crippen molar-refractivity contribution in [1.29, 1.82) is 0 Å². The highest BCUT2D eigenvalue weighted by Gasteiger charge is 2.48. The van der Waals surface area contributed by atoms with Gasteiger partial charge in [-0.3, -0.25) is 4.79 Å². The van der Waals surface area contributed by atoms with Crippen LogP contribution in [0.5, 0.6) is 11.6 Å². The van der Waals surface area contributed by atoms with E-state index in [9.17, 15) is 4.79 Å². The van der Waals surface area contributed by atoms with Crippen molar-refractivity contribution in [2.24, 2.45) is 17.8 Å². The highest BCUT2D eigenvalue weighted by atomic mass is 35.5. The third-order valence-electron chi connectivity index (χ3n) is 5.73. The van der Waals surface area contributed by atoms with Crippen LogP contribution in [0.3, 0.4) is 0 Å². The number of fused-ring (bicyclic) bond motifs is 3. The van der Waals surface area contributed by atoms with E-state index in [-0.39, 0.29) is 23.2 Å². The molecule has 6 nitrogen and oxygen atoms in total. The SMILES string of the molecule is CCOC(=O)[C@H]1C2CCC(CC2)[C@@H]1Nc1cc(Oc2ccccc2)nc(Cl)n1. The van der Waals surface area contributed by atoms with Gasteiger partial charge in [-0.25, -0.2) is 4.98 Å². The van der Waals surface area contributed by atoms with Crippen LogP contribution in [0.25, 0.3) is 0 Å². The normalized spacial score (nSPS) is 25.9. The van der Waals surface area contributed by atoms with E-state index in [0.717, 1.165) is 25.7 Å². The molecule has 5 rings (SSSR count). The highest BCUT2D eigenvalue weighted by Crippen LogP contribution is 2.46. The number of carbonyl (C=O) groups excluding carboxylic acids is 1. The minimum absolute atomic E-state index is 0.0120. The van der Waals surface area contributed by atoms with Gasteiger partial charge in [0.2, 0.25) is 11.2 Å². The van der Waals surface area contributed by atoms with Crippen LogP contribution in [0, 0.1) is 17.8 Å². The van der Waals surface area contributed by atoms with Gasteiger partial charge in [0.05, 0.1) is 12.5 Å². The first kappa shape index (κ1) is 19.0. The quantitative estimate of drug-likeness (QED) is 0.558. The molecule has 0 spiro atoms. The van der Waals surface area contributed by atoms with Crippen LogP contribution in [0.1, 0.15) is 32.6 Å². The Kier molecular flexibility index (Phi) is 5.67. The van der Waals surface area contributed by atoms with Gasteiger partial charge in [-0.2, -0.15) is 4.98 Å². The van der Waals surface area contributed by atoms with Crippen LogP contribution in [-0.2, 0) is 9.53 Å². The number of anilines is 1. The Hall–Kier alpha value is -2.34. The molecule has 1 aromatic heterocycles.